The number of alkyl halides is 3. The Bertz CT molecular complexity index is 869. The normalized spacial score (nSPS) is 11.5. The Labute approximate surface area is 141 Å². The minimum Gasteiger partial charge on any atom is -0.405 e. The van der Waals surface area contributed by atoms with Crippen molar-refractivity contribution >= 4 is 16.8 Å². The molecule has 7 heteroatoms. The number of ether oxygens (including phenoxy) is 1. The summed E-state index contributed by atoms with van der Waals surface area (Å²) in [6.07, 6.45) is -4.78. The number of para-hydroxylation sites is 2. The molecule has 0 atom stereocenters. The highest BCUT2D eigenvalue weighted by Crippen LogP contribution is 2.27. The maximum absolute atomic E-state index is 12.5. The van der Waals surface area contributed by atoms with Crippen LogP contribution < -0.4 is 4.74 Å². The lowest BCUT2D eigenvalue weighted by atomic mass is 10.2. The van der Waals surface area contributed by atoms with E-state index in [0.29, 0.717) is 5.69 Å². The number of rotatable bonds is 4. The van der Waals surface area contributed by atoms with Gasteiger partial charge in [-0.2, -0.15) is 0 Å². The first-order valence-corrected chi connectivity index (χ1v) is 7.50. The number of carbonyl (C=O) groups excluding carboxylic acids is 1. The van der Waals surface area contributed by atoms with Crippen LogP contribution >= 0.6 is 0 Å². The molecule has 0 spiro atoms. The van der Waals surface area contributed by atoms with Crippen molar-refractivity contribution < 1.29 is 22.7 Å². The fourth-order valence-electron chi connectivity index (χ4n) is 2.58. The first-order valence-electron chi connectivity index (χ1n) is 7.50. The smallest absolute Gasteiger partial charge is 0.405 e. The average Bonchev–Trinajstić information content (AvgIpc) is 2.98. The molecule has 1 aromatic heterocycles. The van der Waals surface area contributed by atoms with Crippen molar-refractivity contribution in [2.45, 2.75) is 12.9 Å². The largest absolute Gasteiger partial charge is 0.573 e. The molecule has 0 aliphatic carbocycles. The van der Waals surface area contributed by atoms with E-state index in [2.05, 4.69) is 9.72 Å². The molecule has 0 saturated carbocycles. The van der Waals surface area contributed by atoms with Crippen LogP contribution in [0.2, 0.25) is 0 Å². The van der Waals surface area contributed by atoms with E-state index in [-0.39, 0.29) is 23.8 Å². The molecule has 1 N–H and O–H groups in total. The number of nitrogens with one attached hydrogen (secondary N) is 1. The number of fused-ring (bicyclic) bond motifs is 1. The Kier molecular flexibility index (Phi) is 4.39. The van der Waals surface area contributed by atoms with Gasteiger partial charge in [0.15, 0.2) is 0 Å². The molecule has 1 amide bonds. The van der Waals surface area contributed by atoms with E-state index < -0.39 is 6.36 Å². The van der Waals surface area contributed by atoms with Crippen molar-refractivity contribution in [2.24, 2.45) is 0 Å². The van der Waals surface area contributed by atoms with Gasteiger partial charge in [0.1, 0.15) is 11.4 Å². The summed E-state index contributed by atoms with van der Waals surface area (Å²) in [6.45, 7) is -0.0134. The second-order valence-corrected chi connectivity index (χ2v) is 5.59. The van der Waals surface area contributed by atoms with Crippen LogP contribution in [0, 0.1) is 0 Å². The van der Waals surface area contributed by atoms with Crippen molar-refractivity contribution in [1.29, 1.82) is 0 Å². The van der Waals surface area contributed by atoms with Crippen LogP contribution in [0.3, 0.4) is 0 Å². The predicted molar refractivity (Wildman–Crippen MR) is 87.2 cm³/mol. The highest BCUT2D eigenvalue weighted by Gasteiger charge is 2.32. The number of carbonyl (C=O) groups is 1. The van der Waals surface area contributed by atoms with Crippen LogP contribution in [-0.2, 0) is 6.54 Å². The van der Waals surface area contributed by atoms with Crippen molar-refractivity contribution in [1.82, 2.24) is 9.88 Å². The fraction of sp³-hybridized carbons (Fsp3) is 0.167. The number of benzene rings is 2. The highest BCUT2D eigenvalue weighted by molar-refractivity contribution is 5.97. The van der Waals surface area contributed by atoms with Gasteiger partial charge in [0.05, 0.1) is 0 Å². The third-order valence-corrected chi connectivity index (χ3v) is 3.71. The Hall–Kier alpha value is -2.96. The number of aromatic nitrogens is 1. The SMILES string of the molecule is CN(Cc1ccccc1OC(F)(F)F)C(=O)c1cc2ccccc2[nH]1. The Balaban J connectivity index is 1.80. The van der Waals surface area contributed by atoms with E-state index in [1.165, 1.54) is 30.1 Å². The number of hydrogen-bond acceptors (Lipinski definition) is 2. The predicted octanol–water partition coefficient (Wildman–Crippen LogP) is 4.34. The van der Waals surface area contributed by atoms with Crippen molar-refractivity contribution in [2.75, 3.05) is 7.05 Å². The maximum Gasteiger partial charge on any atom is 0.573 e. The van der Waals surface area contributed by atoms with Gasteiger partial charge in [0, 0.05) is 30.1 Å². The molecule has 25 heavy (non-hydrogen) atoms. The van der Waals surface area contributed by atoms with Gasteiger partial charge in [0.25, 0.3) is 5.91 Å². The second-order valence-electron chi connectivity index (χ2n) is 5.59. The van der Waals surface area contributed by atoms with E-state index in [4.69, 9.17) is 0 Å². The van der Waals surface area contributed by atoms with Crippen LogP contribution in [0.1, 0.15) is 16.1 Å². The van der Waals surface area contributed by atoms with Gasteiger partial charge in [-0.05, 0) is 18.2 Å². The number of nitrogens with zero attached hydrogens (tertiary/aromatic N) is 1. The van der Waals surface area contributed by atoms with E-state index in [9.17, 15) is 18.0 Å². The standard InChI is InChI=1S/C18H15F3N2O2/c1-23(11-13-7-3-5-9-16(13)25-18(19,20)21)17(24)15-10-12-6-2-4-8-14(12)22-15/h2-10,22H,11H2,1H3. The van der Waals surface area contributed by atoms with E-state index >= 15 is 0 Å². The number of H-pyrrole nitrogens is 1. The fourth-order valence-corrected chi connectivity index (χ4v) is 2.58. The monoisotopic (exact) mass is 348 g/mol. The number of halogens is 3. The Morgan fingerprint density at radius 2 is 1.80 bits per heavy atom. The van der Waals surface area contributed by atoms with Gasteiger partial charge in [-0.25, -0.2) is 0 Å². The van der Waals surface area contributed by atoms with Crippen LogP contribution in [0.4, 0.5) is 13.2 Å². The van der Waals surface area contributed by atoms with Crippen LogP contribution in [0.15, 0.2) is 54.6 Å². The Morgan fingerprint density at radius 3 is 2.52 bits per heavy atom. The first kappa shape index (κ1) is 16.9. The first-order chi connectivity index (χ1) is 11.8. The van der Waals surface area contributed by atoms with Gasteiger partial charge < -0.3 is 14.6 Å². The van der Waals surface area contributed by atoms with Gasteiger partial charge in [-0.1, -0.05) is 36.4 Å². The van der Waals surface area contributed by atoms with Gasteiger partial charge in [-0.3, -0.25) is 4.79 Å². The molecule has 0 fully saturated rings. The summed E-state index contributed by atoms with van der Waals surface area (Å²) in [4.78, 5) is 16.9. The van der Waals surface area contributed by atoms with Gasteiger partial charge in [-0.15, -0.1) is 13.2 Å². The minimum atomic E-state index is -4.78. The second kappa shape index (κ2) is 6.51. The lowest BCUT2D eigenvalue weighted by molar-refractivity contribution is -0.275. The highest BCUT2D eigenvalue weighted by atomic mass is 19.4. The molecule has 3 rings (SSSR count). The van der Waals surface area contributed by atoms with E-state index in [1.54, 1.807) is 12.1 Å². The van der Waals surface area contributed by atoms with Crippen molar-refractivity contribution in [3.63, 3.8) is 0 Å². The van der Waals surface area contributed by atoms with Crippen LogP contribution in [0.25, 0.3) is 10.9 Å². The van der Waals surface area contributed by atoms with Gasteiger partial charge in [0.2, 0.25) is 0 Å². The lowest BCUT2D eigenvalue weighted by Gasteiger charge is -2.19. The average molecular weight is 348 g/mol. The maximum atomic E-state index is 12.5. The van der Waals surface area contributed by atoms with Crippen LogP contribution in [-0.4, -0.2) is 29.2 Å². The van der Waals surface area contributed by atoms with Crippen LogP contribution in [0.5, 0.6) is 5.75 Å². The molecule has 2 aromatic carbocycles. The molecule has 0 aliphatic rings. The summed E-state index contributed by atoms with van der Waals surface area (Å²) in [7, 11) is 1.53. The third-order valence-electron chi connectivity index (χ3n) is 3.71. The molecule has 1 heterocycles. The summed E-state index contributed by atoms with van der Waals surface area (Å²) in [5.74, 6) is -0.635. The summed E-state index contributed by atoms with van der Waals surface area (Å²) in [5, 5.41) is 0.889. The third kappa shape index (κ3) is 3.93. The van der Waals surface area contributed by atoms with E-state index in [1.807, 2.05) is 24.3 Å². The molecular formula is C18H15F3N2O2. The molecule has 0 aliphatic heterocycles. The number of amides is 1. The summed E-state index contributed by atoms with van der Waals surface area (Å²) in [6, 6.07) is 14.9. The minimum absolute atomic E-state index is 0.0134. The zero-order valence-corrected chi connectivity index (χ0v) is 13.3. The molecule has 0 radical (unpaired) electrons. The van der Waals surface area contributed by atoms with Crippen molar-refractivity contribution in [3.05, 3.63) is 65.9 Å². The molecular weight excluding hydrogens is 333 g/mol. The lowest BCUT2D eigenvalue weighted by Crippen LogP contribution is -2.27. The molecule has 0 unspecified atom stereocenters. The molecule has 0 saturated heterocycles. The zero-order valence-electron chi connectivity index (χ0n) is 13.3. The molecule has 4 nitrogen and oxygen atoms in total. The summed E-state index contributed by atoms with van der Waals surface area (Å²) >= 11 is 0. The molecule has 0 bridgehead atoms. The molecule has 3 aromatic rings. The zero-order chi connectivity index (χ0) is 18.0. The summed E-state index contributed by atoms with van der Waals surface area (Å²) < 4.78 is 41.5. The number of aromatic amines is 1. The topological polar surface area (TPSA) is 45.3 Å². The van der Waals surface area contributed by atoms with Crippen molar-refractivity contribution in [3.8, 4) is 5.75 Å². The molecule has 130 valence electrons. The quantitative estimate of drug-likeness (QED) is 0.762. The van der Waals surface area contributed by atoms with E-state index in [0.717, 1.165) is 10.9 Å². The Morgan fingerprint density at radius 1 is 1.12 bits per heavy atom. The summed E-state index contributed by atoms with van der Waals surface area (Å²) in [5.41, 5.74) is 1.46. The van der Waals surface area contributed by atoms with Gasteiger partial charge >= 0.3 is 6.36 Å². The number of hydrogen-bond donors (Lipinski definition) is 1.